The van der Waals surface area contributed by atoms with Crippen LogP contribution in [0.5, 0.6) is 0 Å². The first kappa shape index (κ1) is 26.3. The molecule has 1 fully saturated rings. The average molecular weight is 530 g/mol. The number of hydrogen-bond acceptors (Lipinski definition) is 5. The van der Waals surface area contributed by atoms with Gasteiger partial charge in [-0.3, -0.25) is 4.79 Å². The summed E-state index contributed by atoms with van der Waals surface area (Å²) < 4.78 is 10.1. The Labute approximate surface area is 225 Å². The third kappa shape index (κ3) is 5.28. The molecule has 1 aliphatic rings. The molecule has 0 unspecified atom stereocenters. The summed E-state index contributed by atoms with van der Waals surface area (Å²) in [7, 11) is -1.24. The van der Waals surface area contributed by atoms with Crippen molar-refractivity contribution in [1.29, 1.82) is 0 Å². The van der Waals surface area contributed by atoms with Gasteiger partial charge in [0.1, 0.15) is 18.1 Å². The van der Waals surface area contributed by atoms with Crippen molar-refractivity contribution in [3.05, 3.63) is 70.6 Å². The van der Waals surface area contributed by atoms with Crippen LogP contribution in [0.1, 0.15) is 25.0 Å². The fourth-order valence-electron chi connectivity index (χ4n) is 5.26. The Balaban J connectivity index is 1.76. The standard InChI is InChI=1S/C30H39N5O2Si/c1-22-26(24-14-11-15-25(31)20-24)30(36)35-29(34(22)21-37-18-19-38(2,3)4)28(33-16-9-6-10-17-33)27(32-35)23-12-7-5-8-13-23/h5,7-8,11-15,20H,6,9-10,16-19,21,31H2,1-4H3. The van der Waals surface area contributed by atoms with Crippen molar-refractivity contribution in [3.63, 3.8) is 0 Å². The number of nitrogen functional groups attached to an aromatic ring is 1. The molecule has 4 aromatic rings. The summed E-state index contributed by atoms with van der Waals surface area (Å²) in [5.74, 6) is 0. The van der Waals surface area contributed by atoms with Crippen molar-refractivity contribution in [2.24, 2.45) is 0 Å². The Kier molecular flexibility index (Phi) is 7.45. The topological polar surface area (TPSA) is 77.8 Å². The zero-order valence-electron chi connectivity index (χ0n) is 23.0. The van der Waals surface area contributed by atoms with E-state index in [-0.39, 0.29) is 5.56 Å². The molecule has 7 nitrogen and oxygen atoms in total. The van der Waals surface area contributed by atoms with Crippen LogP contribution in [-0.2, 0) is 11.5 Å². The molecule has 0 radical (unpaired) electrons. The summed E-state index contributed by atoms with van der Waals surface area (Å²) in [6.07, 6.45) is 3.48. The van der Waals surface area contributed by atoms with Crippen LogP contribution >= 0.6 is 0 Å². The quantitative estimate of drug-likeness (QED) is 0.171. The molecule has 0 aliphatic carbocycles. The van der Waals surface area contributed by atoms with Gasteiger partial charge in [0, 0.05) is 44.7 Å². The highest BCUT2D eigenvalue weighted by Gasteiger charge is 2.28. The molecular formula is C30H39N5O2Si. The predicted molar refractivity (Wildman–Crippen MR) is 160 cm³/mol. The second-order valence-electron chi connectivity index (χ2n) is 11.5. The molecule has 5 rings (SSSR count). The smallest absolute Gasteiger partial charge is 0.282 e. The minimum atomic E-state index is -1.24. The molecule has 1 saturated heterocycles. The first-order valence-corrected chi connectivity index (χ1v) is 17.4. The van der Waals surface area contributed by atoms with E-state index < -0.39 is 8.07 Å². The number of rotatable bonds is 8. The van der Waals surface area contributed by atoms with Gasteiger partial charge in [0.15, 0.2) is 5.65 Å². The highest BCUT2D eigenvalue weighted by atomic mass is 28.3. The number of aromatic nitrogens is 3. The van der Waals surface area contributed by atoms with Gasteiger partial charge in [-0.1, -0.05) is 62.1 Å². The van der Waals surface area contributed by atoms with E-state index >= 15 is 0 Å². The lowest BCUT2D eigenvalue weighted by molar-refractivity contribution is 0.0878. The first-order chi connectivity index (χ1) is 18.2. The summed E-state index contributed by atoms with van der Waals surface area (Å²) in [6.45, 7) is 12.0. The zero-order chi connectivity index (χ0) is 26.9. The van der Waals surface area contributed by atoms with Crippen molar-refractivity contribution in [2.45, 2.75) is 58.6 Å². The average Bonchev–Trinajstić information content (AvgIpc) is 3.30. The lowest BCUT2D eigenvalue weighted by atomic mass is 10.0. The van der Waals surface area contributed by atoms with E-state index in [1.165, 1.54) is 6.42 Å². The van der Waals surface area contributed by atoms with E-state index in [4.69, 9.17) is 15.6 Å². The van der Waals surface area contributed by atoms with Gasteiger partial charge in [-0.2, -0.15) is 9.61 Å². The molecule has 0 atom stereocenters. The highest BCUT2D eigenvalue weighted by molar-refractivity contribution is 6.76. The minimum Gasteiger partial charge on any atom is -0.399 e. The maximum absolute atomic E-state index is 14.1. The highest BCUT2D eigenvalue weighted by Crippen LogP contribution is 2.37. The number of benzene rings is 2. The van der Waals surface area contributed by atoms with Crippen molar-refractivity contribution in [1.82, 2.24) is 14.2 Å². The number of ether oxygens (including phenoxy) is 1. The van der Waals surface area contributed by atoms with Crippen LogP contribution in [0.25, 0.3) is 28.0 Å². The van der Waals surface area contributed by atoms with E-state index in [2.05, 4.69) is 41.2 Å². The van der Waals surface area contributed by atoms with Gasteiger partial charge >= 0.3 is 0 Å². The Morgan fingerprint density at radius 1 is 0.974 bits per heavy atom. The van der Waals surface area contributed by atoms with Crippen molar-refractivity contribution in [2.75, 3.05) is 30.3 Å². The Bertz CT molecular complexity index is 1480. The van der Waals surface area contributed by atoms with Crippen LogP contribution in [-0.4, -0.2) is 42.0 Å². The van der Waals surface area contributed by atoms with E-state index in [1.54, 1.807) is 4.52 Å². The molecule has 2 N–H and O–H groups in total. The van der Waals surface area contributed by atoms with Crippen LogP contribution in [0, 0.1) is 6.92 Å². The van der Waals surface area contributed by atoms with Gasteiger partial charge < -0.3 is 19.9 Å². The van der Waals surface area contributed by atoms with E-state index in [0.717, 1.165) is 65.8 Å². The second kappa shape index (κ2) is 10.8. The van der Waals surface area contributed by atoms with Gasteiger partial charge in [-0.15, -0.1) is 0 Å². The normalized spacial score (nSPS) is 14.4. The Morgan fingerprint density at radius 2 is 1.68 bits per heavy atom. The maximum atomic E-state index is 14.1. The number of nitrogens with two attached hydrogens (primary N) is 1. The molecule has 3 heterocycles. The summed E-state index contributed by atoms with van der Waals surface area (Å²) in [5, 5.41) is 5.00. The van der Waals surface area contributed by atoms with Gasteiger partial charge in [-0.25, -0.2) is 0 Å². The SMILES string of the molecule is Cc1c(-c2cccc(N)c2)c(=O)n2nc(-c3ccccc3)c(N3CCCCC3)c2n1COCC[Si](C)(C)C. The van der Waals surface area contributed by atoms with Gasteiger partial charge in [-0.05, 0) is 49.9 Å². The number of piperidine rings is 1. The number of nitrogens with zero attached hydrogens (tertiary/aromatic N) is 4. The molecule has 2 aromatic heterocycles. The number of fused-ring (bicyclic) bond motifs is 1. The molecule has 0 spiro atoms. The molecule has 8 heteroatoms. The van der Waals surface area contributed by atoms with Crippen LogP contribution in [0.3, 0.4) is 0 Å². The molecule has 38 heavy (non-hydrogen) atoms. The summed E-state index contributed by atoms with van der Waals surface area (Å²) in [6, 6.07) is 18.8. The van der Waals surface area contributed by atoms with Crippen LogP contribution in [0.15, 0.2) is 59.4 Å². The number of hydrogen-bond donors (Lipinski definition) is 1. The van der Waals surface area contributed by atoms with Crippen LogP contribution < -0.4 is 16.2 Å². The maximum Gasteiger partial charge on any atom is 0.282 e. The van der Waals surface area contributed by atoms with Crippen molar-refractivity contribution >= 4 is 25.1 Å². The predicted octanol–water partition coefficient (Wildman–Crippen LogP) is 6.02. The number of anilines is 2. The third-order valence-corrected chi connectivity index (χ3v) is 9.08. The lowest BCUT2D eigenvalue weighted by Gasteiger charge is -2.30. The van der Waals surface area contributed by atoms with E-state index in [1.807, 2.05) is 49.4 Å². The van der Waals surface area contributed by atoms with Crippen molar-refractivity contribution < 1.29 is 4.74 Å². The molecule has 0 saturated carbocycles. The molecule has 0 amide bonds. The van der Waals surface area contributed by atoms with Gasteiger partial charge in [0.25, 0.3) is 5.56 Å². The Morgan fingerprint density at radius 3 is 2.37 bits per heavy atom. The molecular weight excluding hydrogens is 490 g/mol. The van der Waals surface area contributed by atoms with Crippen LogP contribution in [0.2, 0.25) is 25.7 Å². The third-order valence-electron chi connectivity index (χ3n) is 7.38. The molecule has 0 bridgehead atoms. The molecule has 1 aliphatic heterocycles. The molecule has 200 valence electrons. The van der Waals surface area contributed by atoms with E-state index in [9.17, 15) is 4.79 Å². The first-order valence-electron chi connectivity index (χ1n) is 13.6. The molecule has 2 aromatic carbocycles. The lowest BCUT2D eigenvalue weighted by Crippen LogP contribution is -2.31. The Hall–Kier alpha value is -3.36. The zero-order valence-corrected chi connectivity index (χ0v) is 24.0. The van der Waals surface area contributed by atoms with Gasteiger partial charge in [0.2, 0.25) is 0 Å². The van der Waals surface area contributed by atoms with E-state index in [0.29, 0.717) is 24.6 Å². The van der Waals surface area contributed by atoms with Crippen molar-refractivity contribution in [3.8, 4) is 22.4 Å². The van der Waals surface area contributed by atoms with Gasteiger partial charge in [0.05, 0.1) is 5.56 Å². The fraction of sp³-hybridized carbons (Fsp3) is 0.400. The largest absolute Gasteiger partial charge is 0.399 e. The summed E-state index contributed by atoms with van der Waals surface area (Å²) in [4.78, 5) is 16.6. The minimum absolute atomic E-state index is 0.137. The second-order valence-corrected chi connectivity index (χ2v) is 17.1. The summed E-state index contributed by atoms with van der Waals surface area (Å²) in [5.41, 5.74) is 12.5. The van der Waals surface area contributed by atoms with Crippen LogP contribution in [0.4, 0.5) is 11.4 Å². The fourth-order valence-corrected chi connectivity index (χ4v) is 6.01. The summed E-state index contributed by atoms with van der Waals surface area (Å²) >= 11 is 0. The monoisotopic (exact) mass is 529 g/mol.